The molecular formula is C29H32N6O2. The molecule has 0 aliphatic carbocycles. The molecule has 0 bridgehead atoms. The van der Waals surface area contributed by atoms with Gasteiger partial charge in [-0.15, -0.1) is 0 Å². The van der Waals surface area contributed by atoms with E-state index in [4.69, 9.17) is 0 Å². The monoisotopic (exact) mass is 496 g/mol. The lowest BCUT2D eigenvalue weighted by Gasteiger charge is -2.22. The zero-order valence-electron chi connectivity index (χ0n) is 21.1. The maximum Gasteiger partial charge on any atom is 0.228 e. The molecule has 0 saturated carbocycles. The number of hydrogen-bond acceptors (Lipinski definition) is 5. The summed E-state index contributed by atoms with van der Waals surface area (Å²) < 4.78 is 3.67. The molecule has 4 aromatic rings. The number of amides is 1. The number of aromatic nitrogens is 4. The molecule has 5 rings (SSSR count). The van der Waals surface area contributed by atoms with Crippen LogP contribution < -0.4 is 10.6 Å². The average molecular weight is 497 g/mol. The second-order valence-electron chi connectivity index (χ2n) is 9.80. The van der Waals surface area contributed by atoms with E-state index in [-0.39, 0.29) is 18.1 Å². The first-order chi connectivity index (χ1) is 18.0. The molecule has 3 heterocycles. The number of ketones is 1. The maximum absolute atomic E-state index is 13.0. The van der Waals surface area contributed by atoms with Gasteiger partial charge in [-0.25, -0.2) is 4.68 Å². The van der Waals surface area contributed by atoms with Gasteiger partial charge in [0.1, 0.15) is 0 Å². The molecule has 0 radical (unpaired) electrons. The van der Waals surface area contributed by atoms with Crippen molar-refractivity contribution < 1.29 is 9.59 Å². The van der Waals surface area contributed by atoms with Crippen molar-refractivity contribution in [3.05, 3.63) is 95.6 Å². The van der Waals surface area contributed by atoms with Crippen LogP contribution in [0.15, 0.2) is 73.3 Å². The summed E-state index contributed by atoms with van der Waals surface area (Å²) in [6.07, 6.45) is 10.1. The summed E-state index contributed by atoms with van der Waals surface area (Å²) in [5, 5.41) is 15.2. The van der Waals surface area contributed by atoms with E-state index in [9.17, 15) is 9.59 Å². The Bertz CT molecular complexity index is 1380. The molecule has 190 valence electrons. The number of carbonyl (C=O) groups excluding carboxylic acids is 2. The summed E-state index contributed by atoms with van der Waals surface area (Å²) in [4.78, 5) is 25.5. The number of benzene rings is 2. The number of Topliss-reactive ketones (excluding diaryl/α,β-unsaturated/α-hetero) is 1. The first-order valence-electron chi connectivity index (χ1n) is 12.8. The topological polar surface area (TPSA) is 93.8 Å². The molecular weight excluding hydrogens is 464 g/mol. The Hall–Kier alpha value is -4.04. The van der Waals surface area contributed by atoms with Gasteiger partial charge >= 0.3 is 0 Å². The molecule has 0 unspecified atom stereocenters. The van der Waals surface area contributed by atoms with Crippen LogP contribution in [0.3, 0.4) is 0 Å². The molecule has 8 heteroatoms. The maximum atomic E-state index is 13.0. The summed E-state index contributed by atoms with van der Waals surface area (Å²) in [5.41, 5.74) is 4.98. The van der Waals surface area contributed by atoms with Crippen molar-refractivity contribution in [2.24, 2.45) is 5.92 Å². The van der Waals surface area contributed by atoms with E-state index in [0.29, 0.717) is 17.9 Å². The van der Waals surface area contributed by atoms with Gasteiger partial charge in [0.25, 0.3) is 0 Å². The standard InChI is InChI=1S/C29H32N6O2/c1-21-4-2-6-26(12-21)33-29(37)14-24-17-32-35(20-24)27-7-3-5-25(15-27)28(36)13-23-16-31-34(19-23)18-22-8-10-30-11-9-22/h2-7,12,15-17,19-20,22,30H,8-11,13-14,18H2,1H3,(H,33,37). The van der Waals surface area contributed by atoms with Crippen molar-refractivity contribution in [2.45, 2.75) is 39.2 Å². The van der Waals surface area contributed by atoms with Crippen molar-refractivity contribution in [3.63, 3.8) is 0 Å². The predicted molar refractivity (Wildman–Crippen MR) is 143 cm³/mol. The van der Waals surface area contributed by atoms with Crippen LogP contribution in [0.5, 0.6) is 0 Å². The SMILES string of the molecule is Cc1cccc(NC(=O)Cc2cnn(-c3cccc(C(=O)Cc4cnn(CC5CCNCC5)c4)c3)c2)c1. The van der Waals surface area contributed by atoms with Crippen molar-refractivity contribution in [2.75, 3.05) is 18.4 Å². The van der Waals surface area contributed by atoms with Gasteiger partial charge in [-0.3, -0.25) is 14.3 Å². The van der Waals surface area contributed by atoms with Crippen molar-refractivity contribution in [1.29, 1.82) is 0 Å². The van der Waals surface area contributed by atoms with Crippen LogP contribution in [0.25, 0.3) is 5.69 Å². The molecule has 37 heavy (non-hydrogen) atoms. The number of hydrogen-bond donors (Lipinski definition) is 2. The Kier molecular flexibility index (Phi) is 7.56. The highest BCUT2D eigenvalue weighted by Gasteiger charge is 2.15. The Morgan fingerprint density at radius 2 is 1.76 bits per heavy atom. The summed E-state index contributed by atoms with van der Waals surface area (Å²) in [5.74, 6) is 0.567. The number of anilines is 1. The Morgan fingerprint density at radius 1 is 0.973 bits per heavy atom. The summed E-state index contributed by atoms with van der Waals surface area (Å²) >= 11 is 0. The largest absolute Gasteiger partial charge is 0.326 e. The van der Waals surface area contributed by atoms with Crippen molar-refractivity contribution >= 4 is 17.4 Å². The van der Waals surface area contributed by atoms with E-state index in [1.54, 1.807) is 17.1 Å². The number of nitrogens with zero attached hydrogens (tertiary/aromatic N) is 4. The average Bonchev–Trinajstić information content (AvgIpc) is 3.54. The van der Waals surface area contributed by atoms with Gasteiger partial charge < -0.3 is 10.6 Å². The summed E-state index contributed by atoms with van der Waals surface area (Å²) in [7, 11) is 0. The molecule has 2 aromatic heterocycles. The van der Waals surface area contributed by atoms with Gasteiger partial charge in [0.05, 0.1) is 24.5 Å². The van der Waals surface area contributed by atoms with E-state index in [1.165, 1.54) is 0 Å². The lowest BCUT2D eigenvalue weighted by atomic mass is 9.98. The Balaban J connectivity index is 1.19. The smallest absolute Gasteiger partial charge is 0.228 e. The third kappa shape index (κ3) is 6.59. The highest BCUT2D eigenvalue weighted by Crippen LogP contribution is 2.17. The fraction of sp³-hybridized carbons (Fsp3) is 0.310. The van der Waals surface area contributed by atoms with Crippen LogP contribution in [0, 0.1) is 12.8 Å². The second-order valence-corrected chi connectivity index (χ2v) is 9.80. The molecule has 1 saturated heterocycles. The molecule has 8 nitrogen and oxygen atoms in total. The highest BCUT2D eigenvalue weighted by molar-refractivity contribution is 5.98. The zero-order valence-corrected chi connectivity index (χ0v) is 21.1. The Labute approximate surface area is 216 Å². The van der Waals surface area contributed by atoms with Gasteiger partial charge in [-0.2, -0.15) is 10.2 Å². The zero-order chi connectivity index (χ0) is 25.6. The van der Waals surface area contributed by atoms with Gasteiger partial charge in [-0.05, 0) is 79.7 Å². The van der Waals surface area contributed by atoms with E-state index >= 15 is 0 Å². The van der Waals surface area contributed by atoms with E-state index in [1.807, 2.05) is 72.5 Å². The molecule has 1 aliphatic heterocycles. The van der Waals surface area contributed by atoms with Gasteiger partial charge in [0.15, 0.2) is 5.78 Å². The molecule has 2 aromatic carbocycles. The number of nitrogens with one attached hydrogen (secondary N) is 2. The number of aryl methyl sites for hydroxylation is 1. The van der Waals surface area contributed by atoms with Gasteiger partial charge in [-0.1, -0.05) is 24.3 Å². The third-order valence-electron chi connectivity index (χ3n) is 6.69. The minimum atomic E-state index is -0.102. The Morgan fingerprint density at radius 3 is 2.59 bits per heavy atom. The third-order valence-corrected chi connectivity index (χ3v) is 6.69. The molecule has 1 aliphatic rings. The molecule has 1 amide bonds. The van der Waals surface area contributed by atoms with Crippen molar-refractivity contribution in [1.82, 2.24) is 24.9 Å². The summed E-state index contributed by atoms with van der Waals surface area (Å²) in [6.45, 7) is 5.01. The molecule has 2 N–H and O–H groups in total. The van der Waals surface area contributed by atoms with E-state index in [0.717, 1.165) is 60.5 Å². The van der Waals surface area contributed by atoms with Crippen LogP contribution in [-0.4, -0.2) is 44.3 Å². The lowest BCUT2D eigenvalue weighted by molar-refractivity contribution is -0.115. The lowest BCUT2D eigenvalue weighted by Crippen LogP contribution is -2.29. The van der Waals surface area contributed by atoms with Crippen LogP contribution >= 0.6 is 0 Å². The van der Waals surface area contributed by atoms with Gasteiger partial charge in [0.2, 0.25) is 5.91 Å². The minimum absolute atomic E-state index is 0.0354. The van der Waals surface area contributed by atoms with Crippen LogP contribution in [0.1, 0.15) is 39.9 Å². The van der Waals surface area contributed by atoms with Crippen molar-refractivity contribution in [3.8, 4) is 5.69 Å². The molecule has 0 atom stereocenters. The number of piperidine rings is 1. The van der Waals surface area contributed by atoms with Gasteiger partial charge in [0, 0.05) is 36.6 Å². The molecule has 0 spiro atoms. The number of rotatable bonds is 9. The van der Waals surface area contributed by atoms with E-state index in [2.05, 4.69) is 20.8 Å². The highest BCUT2D eigenvalue weighted by atomic mass is 16.1. The van der Waals surface area contributed by atoms with Crippen LogP contribution in [-0.2, 0) is 24.2 Å². The van der Waals surface area contributed by atoms with E-state index < -0.39 is 0 Å². The van der Waals surface area contributed by atoms with Crippen LogP contribution in [0.4, 0.5) is 5.69 Å². The predicted octanol–water partition coefficient (Wildman–Crippen LogP) is 3.98. The van der Waals surface area contributed by atoms with Crippen LogP contribution in [0.2, 0.25) is 0 Å². The fourth-order valence-electron chi connectivity index (χ4n) is 4.74. The fourth-order valence-corrected chi connectivity index (χ4v) is 4.74. The first-order valence-corrected chi connectivity index (χ1v) is 12.8. The minimum Gasteiger partial charge on any atom is -0.326 e. The summed E-state index contributed by atoms with van der Waals surface area (Å²) in [6, 6.07) is 15.1. The normalized spacial score (nSPS) is 14.0. The number of carbonyl (C=O) groups is 2. The first kappa shape index (κ1) is 24.6. The molecule has 1 fully saturated rings. The second kappa shape index (κ2) is 11.3. The quantitative estimate of drug-likeness (QED) is 0.342.